The van der Waals surface area contributed by atoms with Crippen LogP contribution >= 0.6 is 0 Å². The van der Waals surface area contributed by atoms with Crippen molar-refractivity contribution in [3.8, 4) is 0 Å². The van der Waals surface area contributed by atoms with E-state index in [1.165, 1.54) is 0 Å². The molecule has 0 saturated heterocycles. The Balaban J connectivity index is 2.84. The molecule has 1 heterocycles. The largest absolute Gasteiger partial charge is 0.242 e. The SMILES string of the molecule is C=Cn1nccc1/N=C\CC. The molecule has 0 saturated carbocycles. The summed E-state index contributed by atoms with van der Waals surface area (Å²) in [4.78, 5) is 4.16. The summed E-state index contributed by atoms with van der Waals surface area (Å²) in [5.41, 5.74) is 0. The number of hydrogen-bond donors (Lipinski definition) is 0. The van der Waals surface area contributed by atoms with E-state index in [-0.39, 0.29) is 0 Å². The van der Waals surface area contributed by atoms with E-state index < -0.39 is 0 Å². The van der Waals surface area contributed by atoms with Gasteiger partial charge in [0, 0.05) is 18.5 Å². The molecule has 1 rings (SSSR count). The fourth-order valence-corrected chi connectivity index (χ4v) is 0.735. The molecule has 0 unspecified atom stereocenters. The van der Waals surface area contributed by atoms with E-state index in [1.54, 1.807) is 17.1 Å². The molecule has 0 amide bonds. The fourth-order valence-electron chi connectivity index (χ4n) is 0.735. The average Bonchev–Trinajstić information content (AvgIpc) is 2.47. The number of hydrogen-bond acceptors (Lipinski definition) is 2. The Labute approximate surface area is 66.1 Å². The first-order chi connectivity index (χ1) is 5.38. The standard InChI is InChI=1S/C8H11N3/c1-3-6-9-8-5-7-10-11(8)4-2/h4-7H,2-3H2,1H3/b9-6-. The minimum absolute atomic E-state index is 0.821. The van der Waals surface area contributed by atoms with Crippen LogP contribution in [0.4, 0.5) is 5.82 Å². The van der Waals surface area contributed by atoms with Gasteiger partial charge in [0.2, 0.25) is 0 Å². The molecule has 0 aromatic carbocycles. The first-order valence-electron chi connectivity index (χ1n) is 3.57. The second kappa shape index (κ2) is 3.71. The van der Waals surface area contributed by atoms with E-state index >= 15 is 0 Å². The van der Waals surface area contributed by atoms with Gasteiger partial charge in [0.15, 0.2) is 5.82 Å². The molecule has 0 bridgehead atoms. The van der Waals surface area contributed by atoms with Gasteiger partial charge in [0.1, 0.15) is 0 Å². The summed E-state index contributed by atoms with van der Waals surface area (Å²) in [6, 6.07) is 1.84. The van der Waals surface area contributed by atoms with Crippen molar-refractivity contribution in [2.75, 3.05) is 0 Å². The zero-order valence-corrected chi connectivity index (χ0v) is 6.57. The average molecular weight is 149 g/mol. The predicted molar refractivity (Wildman–Crippen MR) is 47.1 cm³/mol. The monoisotopic (exact) mass is 149 g/mol. The number of aliphatic imine (C=N–C) groups is 1. The molecule has 3 heteroatoms. The molecule has 0 N–H and O–H groups in total. The second-order valence-electron chi connectivity index (χ2n) is 2.04. The van der Waals surface area contributed by atoms with Crippen molar-refractivity contribution in [3.63, 3.8) is 0 Å². The molecular formula is C8H11N3. The molecule has 0 aliphatic rings. The lowest BCUT2D eigenvalue weighted by Crippen LogP contribution is -1.85. The maximum Gasteiger partial charge on any atom is 0.154 e. The Bertz CT molecular complexity index is 260. The van der Waals surface area contributed by atoms with Crippen LogP contribution in [0.1, 0.15) is 13.3 Å². The normalized spacial score (nSPS) is 10.6. The van der Waals surface area contributed by atoms with Gasteiger partial charge in [-0.1, -0.05) is 13.5 Å². The van der Waals surface area contributed by atoms with Gasteiger partial charge in [-0.15, -0.1) is 0 Å². The van der Waals surface area contributed by atoms with Crippen LogP contribution in [0.25, 0.3) is 6.20 Å². The highest BCUT2D eigenvalue weighted by molar-refractivity contribution is 5.61. The molecule has 1 aromatic rings. The minimum Gasteiger partial charge on any atom is -0.242 e. The van der Waals surface area contributed by atoms with Gasteiger partial charge in [-0.25, -0.2) is 9.67 Å². The molecule has 0 radical (unpaired) electrons. The van der Waals surface area contributed by atoms with Crippen LogP contribution in [0, 0.1) is 0 Å². The van der Waals surface area contributed by atoms with E-state index in [0.717, 1.165) is 12.2 Å². The molecule has 0 aliphatic carbocycles. The van der Waals surface area contributed by atoms with E-state index in [0.29, 0.717) is 0 Å². The van der Waals surface area contributed by atoms with Crippen LogP contribution in [-0.4, -0.2) is 16.0 Å². The van der Waals surface area contributed by atoms with Crippen molar-refractivity contribution < 1.29 is 0 Å². The Morgan fingerprint density at radius 2 is 2.64 bits per heavy atom. The summed E-state index contributed by atoms with van der Waals surface area (Å²) in [5, 5.41) is 3.97. The fraction of sp³-hybridized carbons (Fsp3) is 0.250. The van der Waals surface area contributed by atoms with Crippen LogP contribution in [-0.2, 0) is 0 Å². The second-order valence-corrected chi connectivity index (χ2v) is 2.04. The van der Waals surface area contributed by atoms with Crippen LogP contribution in [0.2, 0.25) is 0 Å². The topological polar surface area (TPSA) is 30.2 Å². The molecule has 3 nitrogen and oxygen atoms in total. The van der Waals surface area contributed by atoms with E-state index in [4.69, 9.17) is 0 Å². The van der Waals surface area contributed by atoms with Crippen LogP contribution in [0.5, 0.6) is 0 Å². The smallest absolute Gasteiger partial charge is 0.154 e. The van der Waals surface area contributed by atoms with E-state index in [9.17, 15) is 0 Å². The molecule has 0 aliphatic heterocycles. The molecule has 58 valence electrons. The van der Waals surface area contributed by atoms with Crippen molar-refractivity contribution in [3.05, 3.63) is 18.8 Å². The highest BCUT2D eigenvalue weighted by Gasteiger charge is 1.92. The lowest BCUT2D eigenvalue weighted by Gasteiger charge is -1.92. The zero-order valence-electron chi connectivity index (χ0n) is 6.57. The minimum atomic E-state index is 0.821. The predicted octanol–water partition coefficient (Wildman–Crippen LogP) is 2.10. The van der Waals surface area contributed by atoms with Crippen molar-refractivity contribution >= 4 is 18.2 Å². The van der Waals surface area contributed by atoms with Gasteiger partial charge in [-0.2, -0.15) is 5.10 Å². The van der Waals surface area contributed by atoms with Crippen LogP contribution < -0.4 is 0 Å². The van der Waals surface area contributed by atoms with Crippen LogP contribution in [0.15, 0.2) is 23.8 Å². The molecule has 11 heavy (non-hydrogen) atoms. The number of rotatable bonds is 3. The lowest BCUT2D eigenvalue weighted by molar-refractivity contribution is 0.935. The molecular weight excluding hydrogens is 138 g/mol. The molecule has 0 atom stereocenters. The molecule has 1 aromatic heterocycles. The Morgan fingerprint density at radius 1 is 1.82 bits per heavy atom. The highest BCUT2D eigenvalue weighted by atomic mass is 15.3. The quantitative estimate of drug-likeness (QED) is 0.605. The first kappa shape index (κ1) is 7.72. The molecule has 0 fully saturated rings. The van der Waals surface area contributed by atoms with Crippen molar-refractivity contribution in [2.45, 2.75) is 13.3 Å². The summed E-state index contributed by atoms with van der Waals surface area (Å²) in [6.45, 7) is 5.64. The van der Waals surface area contributed by atoms with Gasteiger partial charge < -0.3 is 0 Å². The Morgan fingerprint density at radius 3 is 3.27 bits per heavy atom. The third kappa shape index (κ3) is 1.77. The number of aromatic nitrogens is 2. The number of nitrogens with zero attached hydrogens (tertiary/aromatic N) is 3. The maximum absolute atomic E-state index is 4.16. The van der Waals surface area contributed by atoms with Crippen molar-refractivity contribution in [1.82, 2.24) is 9.78 Å². The maximum atomic E-state index is 4.16. The van der Waals surface area contributed by atoms with Gasteiger partial charge in [0.05, 0.1) is 6.20 Å². The zero-order chi connectivity index (χ0) is 8.10. The van der Waals surface area contributed by atoms with Gasteiger partial charge >= 0.3 is 0 Å². The molecule has 0 spiro atoms. The summed E-state index contributed by atoms with van der Waals surface area (Å²) in [5.74, 6) is 0.821. The summed E-state index contributed by atoms with van der Waals surface area (Å²) >= 11 is 0. The van der Waals surface area contributed by atoms with Crippen molar-refractivity contribution in [1.29, 1.82) is 0 Å². The van der Waals surface area contributed by atoms with Gasteiger partial charge in [-0.3, -0.25) is 0 Å². The summed E-state index contributed by atoms with van der Waals surface area (Å²) < 4.78 is 1.63. The Hall–Kier alpha value is -1.38. The highest BCUT2D eigenvalue weighted by Crippen LogP contribution is 2.09. The summed E-state index contributed by atoms with van der Waals surface area (Å²) in [7, 11) is 0. The Kier molecular flexibility index (Phi) is 2.60. The third-order valence-electron chi connectivity index (χ3n) is 1.23. The van der Waals surface area contributed by atoms with Gasteiger partial charge in [0.25, 0.3) is 0 Å². The van der Waals surface area contributed by atoms with Gasteiger partial charge in [-0.05, 0) is 6.42 Å². The van der Waals surface area contributed by atoms with E-state index in [2.05, 4.69) is 16.7 Å². The lowest BCUT2D eigenvalue weighted by atomic mass is 10.5. The van der Waals surface area contributed by atoms with Crippen LogP contribution in [0.3, 0.4) is 0 Å². The van der Waals surface area contributed by atoms with Crippen molar-refractivity contribution in [2.24, 2.45) is 4.99 Å². The third-order valence-corrected chi connectivity index (χ3v) is 1.23. The summed E-state index contributed by atoms with van der Waals surface area (Å²) in [6.07, 6.45) is 6.10. The van der Waals surface area contributed by atoms with E-state index in [1.807, 2.05) is 19.2 Å². The first-order valence-corrected chi connectivity index (χ1v) is 3.57.